The van der Waals surface area contributed by atoms with E-state index in [1.165, 1.54) is 0 Å². The van der Waals surface area contributed by atoms with Crippen LogP contribution < -0.4 is 28.3 Å². The second-order valence-electron chi connectivity index (χ2n) is 11.3. The van der Waals surface area contributed by atoms with Crippen molar-refractivity contribution in [3.8, 4) is 0 Å². The Hall–Kier alpha value is -0.970. The number of hydrogen-bond donors (Lipinski definition) is 12. The summed E-state index contributed by atoms with van der Waals surface area (Å²) in [7, 11) is 0. The van der Waals surface area contributed by atoms with Crippen LogP contribution in [0.1, 0.15) is 25.7 Å². The summed E-state index contributed by atoms with van der Waals surface area (Å²) < 4.78 is 23.6. The zero-order valence-electron chi connectivity index (χ0n) is 23.5. The molecule has 2 heterocycles. The molecule has 17 nitrogen and oxygen atoms in total. The number of carbonyl (C=O) groups excluding carboxylic acids is 1. The van der Waals surface area contributed by atoms with Gasteiger partial charge in [-0.15, -0.1) is 0 Å². The Balaban J connectivity index is 1.80. The van der Waals surface area contributed by atoms with Crippen molar-refractivity contribution < 1.29 is 59.5 Å². The Morgan fingerprint density at radius 1 is 0.929 bits per heavy atom. The molecule has 1 aliphatic carbocycles. The second kappa shape index (κ2) is 16.4. The first-order valence-electron chi connectivity index (χ1n) is 14.4. The SMILES string of the molecule is NCC(O)C(O)C(=O)C[C@@H]1C[C@H](N)C(O[C@H]2O[C@H](CNCCO)CC[C@H]2N)[C@H](O)[C@H]1O[C@H]1O[C@H](CO)[C@@H](O)[C@H](N)[C@H]1O. The van der Waals surface area contributed by atoms with Gasteiger partial charge in [-0.25, -0.2) is 0 Å². The first-order chi connectivity index (χ1) is 19.9. The van der Waals surface area contributed by atoms with Crippen LogP contribution in [0.2, 0.25) is 0 Å². The van der Waals surface area contributed by atoms with Crippen molar-refractivity contribution in [3.05, 3.63) is 0 Å². The fraction of sp³-hybridized carbons (Fsp3) is 0.960. The number of nitrogens with one attached hydrogen (secondary N) is 1. The van der Waals surface area contributed by atoms with Crippen LogP contribution >= 0.6 is 0 Å². The molecule has 42 heavy (non-hydrogen) atoms. The number of aliphatic hydroxyl groups is 7. The third kappa shape index (κ3) is 8.60. The predicted molar refractivity (Wildman–Crippen MR) is 144 cm³/mol. The lowest BCUT2D eigenvalue weighted by molar-refractivity contribution is -0.318. The summed E-state index contributed by atoms with van der Waals surface area (Å²) in [5.74, 6) is -1.63. The summed E-state index contributed by atoms with van der Waals surface area (Å²) in [5, 5.41) is 74.1. The van der Waals surface area contributed by atoms with Gasteiger partial charge in [-0.1, -0.05) is 0 Å². The van der Waals surface area contributed by atoms with Crippen molar-refractivity contribution in [3.63, 3.8) is 0 Å². The normalized spacial score (nSPS) is 42.7. The summed E-state index contributed by atoms with van der Waals surface area (Å²) in [4.78, 5) is 12.8. The molecule has 0 aromatic carbocycles. The quantitative estimate of drug-likeness (QED) is 0.0812. The van der Waals surface area contributed by atoms with Gasteiger partial charge in [-0.3, -0.25) is 4.79 Å². The molecule has 0 spiro atoms. The molecule has 0 aromatic rings. The molecule has 2 saturated heterocycles. The van der Waals surface area contributed by atoms with E-state index < -0.39 is 97.8 Å². The molecular weight excluding hydrogens is 562 g/mol. The zero-order valence-corrected chi connectivity index (χ0v) is 23.5. The van der Waals surface area contributed by atoms with Gasteiger partial charge in [0.25, 0.3) is 0 Å². The highest BCUT2D eigenvalue weighted by molar-refractivity contribution is 5.83. The Labute approximate surface area is 244 Å². The van der Waals surface area contributed by atoms with E-state index in [4.69, 9.17) is 47.0 Å². The molecule has 0 amide bonds. The van der Waals surface area contributed by atoms with Crippen LogP contribution in [0.5, 0.6) is 0 Å². The number of nitrogens with two attached hydrogens (primary N) is 4. The lowest BCUT2D eigenvalue weighted by Gasteiger charge is -2.48. The maximum atomic E-state index is 12.8. The summed E-state index contributed by atoms with van der Waals surface area (Å²) in [6.45, 7) is -0.216. The summed E-state index contributed by atoms with van der Waals surface area (Å²) >= 11 is 0. The molecule has 1 saturated carbocycles. The topological polar surface area (TPSA) is 312 Å². The van der Waals surface area contributed by atoms with Gasteiger partial charge in [0.1, 0.15) is 36.6 Å². The molecule has 0 aromatic heterocycles. The molecule has 3 unspecified atom stereocenters. The van der Waals surface area contributed by atoms with Crippen molar-refractivity contribution in [2.45, 2.75) is 111 Å². The maximum Gasteiger partial charge on any atom is 0.186 e. The van der Waals surface area contributed by atoms with Gasteiger partial charge >= 0.3 is 0 Å². The number of ether oxygens (including phenoxy) is 4. The van der Waals surface area contributed by atoms with Gasteiger partial charge in [-0.05, 0) is 25.2 Å². The summed E-state index contributed by atoms with van der Waals surface area (Å²) in [6, 6.07) is -2.66. The van der Waals surface area contributed by atoms with Gasteiger partial charge in [0, 0.05) is 32.1 Å². The van der Waals surface area contributed by atoms with E-state index >= 15 is 0 Å². The molecule has 0 bridgehead atoms. The molecule has 16 N–H and O–H groups in total. The van der Waals surface area contributed by atoms with Crippen LogP contribution in [-0.4, -0.2) is 160 Å². The van der Waals surface area contributed by atoms with E-state index in [-0.39, 0.29) is 32.1 Å². The minimum absolute atomic E-state index is 0.0357. The summed E-state index contributed by atoms with van der Waals surface area (Å²) in [6.07, 6.45) is -13.3. The molecule has 0 radical (unpaired) electrons. The van der Waals surface area contributed by atoms with Crippen LogP contribution in [0.25, 0.3) is 0 Å². The largest absolute Gasteiger partial charge is 0.395 e. The fourth-order valence-corrected chi connectivity index (χ4v) is 5.67. The van der Waals surface area contributed by atoms with Gasteiger partial charge in [0.15, 0.2) is 18.4 Å². The van der Waals surface area contributed by atoms with E-state index in [1.54, 1.807) is 0 Å². The molecule has 2 aliphatic heterocycles. The molecule has 3 rings (SSSR count). The third-order valence-corrected chi connectivity index (χ3v) is 8.21. The zero-order chi connectivity index (χ0) is 31.1. The van der Waals surface area contributed by atoms with E-state index in [9.17, 15) is 35.4 Å². The highest BCUT2D eigenvalue weighted by Crippen LogP contribution is 2.36. The lowest BCUT2D eigenvalue weighted by Crippen LogP contribution is -2.66. The minimum atomic E-state index is -1.79. The Kier molecular flexibility index (Phi) is 13.8. The Morgan fingerprint density at radius 2 is 1.62 bits per heavy atom. The summed E-state index contributed by atoms with van der Waals surface area (Å²) in [5.41, 5.74) is 23.9. The van der Waals surface area contributed by atoms with E-state index in [0.29, 0.717) is 25.9 Å². The van der Waals surface area contributed by atoms with Crippen LogP contribution in [-0.2, 0) is 23.7 Å². The predicted octanol–water partition coefficient (Wildman–Crippen LogP) is -6.71. The fourth-order valence-electron chi connectivity index (χ4n) is 5.67. The standard InChI is InChI=1S/C25H49N5O12/c26-7-15(34)18(35)14(33)6-10-5-13(28)23(42-24-12(27)2-1-11(39-24)8-30-3-4-31)21(38)22(10)41-25-20(37)17(29)19(36)16(9-32)40-25/h10-13,15-25,30-32,34-38H,1-9,26-29H2/t10-,11-,12+,13-,15?,16+,17-,18?,19+,20+,21+,22-,23?,24+,25+/m0/s1. The highest BCUT2D eigenvalue weighted by atomic mass is 16.7. The lowest BCUT2D eigenvalue weighted by atomic mass is 9.76. The van der Waals surface area contributed by atoms with Crippen LogP contribution in [0, 0.1) is 5.92 Å². The third-order valence-electron chi connectivity index (χ3n) is 8.21. The maximum absolute atomic E-state index is 12.8. The smallest absolute Gasteiger partial charge is 0.186 e. The van der Waals surface area contributed by atoms with Gasteiger partial charge < -0.3 is 82.9 Å². The molecule has 246 valence electrons. The number of carbonyl (C=O) groups is 1. The number of rotatable bonds is 14. The van der Waals surface area contributed by atoms with E-state index in [1.807, 2.05) is 0 Å². The second-order valence-corrected chi connectivity index (χ2v) is 11.3. The highest BCUT2D eigenvalue weighted by Gasteiger charge is 2.51. The number of aliphatic hydroxyl groups excluding tert-OH is 7. The molecule has 15 atom stereocenters. The van der Waals surface area contributed by atoms with Crippen molar-refractivity contribution in [2.75, 3.05) is 32.8 Å². The minimum Gasteiger partial charge on any atom is -0.395 e. The van der Waals surface area contributed by atoms with Crippen molar-refractivity contribution in [1.82, 2.24) is 5.32 Å². The Bertz CT molecular complexity index is 833. The van der Waals surface area contributed by atoms with Gasteiger partial charge in [0.2, 0.25) is 0 Å². The van der Waals surface area contributed by atoms with Gasteiger partial charge in [-0.2, -0.15) is 0 Å². The van der Waals surface area contributed by atoms with Crippen LogP contribution in [0.4, 0.5) is 0 Å². The van der Waals surface area contributed by atoms with Gasteiger partial charge in [0.05, 0.1) is 43.6 Å². The molecular formula is C25H49N5O12. The monoisotopic (exact) mass is 611 g/mol. The van der Waals surface area contributed by atoms with Crippen LogP contribution in [0.3, 0.4) is 0 Å². The number of ketones is 1. The van der Waals surface area contributed by atoms with E-state index in [2.05, 4.69) is 5.32 Å². The number of hydrogen-bond acceptors (Lipinski definition) is 17. The first kappa shape index (κ1) is 35.5. The Morgan fingerprint density at radius 3 is 2.26 bits per heavy atom. The molecule has 17 heteroatoms. The van der Waals surface area contributed by atoms with Crippen LogP contribution in [0.15, 0.2) is 0 Å². The van der Waals surface area contributed by atoms with Crippen molar-refractivity contribution >= 4 is 5.78 Å². The average Bonchev–Trinajstić information content (AvgIpc) is 2.97. The van der Waals surface area contributed by atoms with Crippen molar-refractivity contribution in [1.29, 1.82) is 0 Å². The first-order valence-corrected chi connectivity index (χ1v) is 14.4. The molecule has 3 aliphatic rings. The average molecular weight is 612 g/mol. The van der Waals surface area contributed by atoms with E-state index in [0.717, 1.165) is 0 Å². The van der Waals surface area contributed by atoms with Crippen molar-refractivity contribution in [2.24, 2.45) is 28.9 Å². The number of Topliss-reactive ketones (excluding diaryl/α,β-unsaturated/α-hetero) is 1. The molecule has 3 fully saturated rings.